The Hall–Kier alpha value is -1.50. The van der Waals surface area contributed by atoms with Crippen LogP contribution in [0.15, 0.2) is 35.5 Å². The zero-order valence-electron chi connectivity index (χ0n) is 17.8. The lowest BCUT2D eigenvalue weighted by Gasteiger charge is -2.17. The molecule has 2 saturated carbocycles. The van der Waals surface area contributed by atoms with Crippen molar-refractivity contribution in [2.45, 2.75) is 61.6 Å². The maximum Gasteiger partial charge on any atom is 0.191 e. The number of nitrogens with one attached hydrogen (secondary N) is 1. The molecule has 2 fully saturated rings. The number of rotatable bonds is 8. The van der Waals surface area contributed by atoms with Crippen molar-refractivity contribution in [3.05, 3.63) is 35.9 Å². The summed E-state index contributed by atoms with van der Waals surface area (Å²) in [4.78, 5) is 9.51. The van der Waals surface area contributed by atoms with Crippen LogP contribution in [-0.2, 0) is 0 Å². The van der Waals surface area contributed by atoms with Gasteiger partial charge in [-0.1, -0.05) is 76.8 Å². The molecule has 2 aromatic heterocycles. The van der Waals surface area contributed by atoms with Crippen molar-refractivity contribution < 1.29 is 10.2 Å². The lowest BCUT2D eigenvalue weighted by atomic mass is 10.1. The van der Waals surface area contributed by atoms with E-state index in [-0.39, 0.29) is 12.0 Å². The quantitative estimate of drug-likeness (QED) is 0.165. The zero-order valence-corrected chi connectivity index (χ0v) is 20.8. The van der Waals surface area contributed by atoms with Gasteiger partial charge >= 0.3 is 0 Å². The third-order valence-corrected chi connectivity index (χ3v) is 8.55. The molecule has 3 aromatic rings. The third-order valence-electron chi connectivity index (χ3n) is 6.36. The fourth-order valence-electron chi connectivity index (χ4n) is 4.49. The minimum absolute atomic E-state index is 0.0290. The predicted octanol–water partition coefficient (Wildman–Crippen LogP) is 3.41. The number of halogens is 1. The van der Waals surface area contributed by atoms with Gasteiger partial charge in [0.2, 0.25) is 0 Å². The number of hydrogen-bond donors (Lipinski definition) is 3. The van der Waals surface area contributed by atoms with E-state index in [1.807, 2.05) is 6.07 Å². The van der Waals surface area contributed by atoms with E-state index in [9.17, 15) is 10.2 Å². The number of thioether (sulfide) groups is 1. The molecule has 3 N–H and O–H groups in total. The largest absolute Gasteiger partial charge is 0.390 e. The van der Waals surface area contributed by atoms with Crippen LogP contribution in [0, 0.1) is 5.92 Å². The van der Waals surface area contributed by atoms with Gasteiger partial charge in [0.1, 0.15) is 6.10 Å². The van der Waals surface area contributed by atoms with Gasteiger partial charge in [-0.25, -0.2) is 14.6 Å². The first kappa shape index (κ1) is 22.3. The fraction of sp³-hybridized carbons (Fsp3) is 0.545. The highest BCUT2D eigenvalue weighted by Crippen LogP contribution is 2.43. The highest BCUT2D eigenvalue weighted by molar-refractivity contribution is 14.1. The summed E-state index contributed by atoms with van der Waals surface area (Å²) >= 11 is 3.87. The van der Waals surface area contributed by atoms with Crippen LogP contribution in [0.3, 0.4) is 0 Å². The van der Waals surface area contributed by atoms with E-state index in [1.165, 1.54) is 5.56 Å². The summed E-state index contributed by atoms with van der Waals surface area (Å²) in [6, 6.07) is 10.5. The minimum Gasteiger partial charge on any atom is -0.390 e. The van der Waals surface area contributed by atoms with Crippen LogP contribution in [-0.4, -0.2) is 63.6 Å². The molecule has 2 aliphatic carbocycles. The van der Waals surface area contributed by atoms with Crippen molar-refractivity contribution in [1.82, 2.24) is 25.0 Å². The predicted molar refractivity (Wildman–Crippen MR) is 133 cm³/mol. The molecular formula is C22H27IN6O2S. The van der Waals surface area contributed by atoms with Crippen LogP contribution in [0.1, 0.15) is 43.7 Å². The molecule has 32 heavy (non-hydrogen) atoms. The van der Waals surface area contributed by atoms with Gasteiger partial charge in [-0.2, -0.15) is 0 Å². The molecule has 5 rings (SSSR count). The average Bonchev–Trinajstić information content (AvgIpc) is 3.36. The van der Waals surface area contributed by atoms with Gasteiger partial charge in [0.15, 0.2) is 22.1 Å². The molecule has 2 heterocycles. The first-order valence-electron chi connectivity index (χ1n) is 11.1. The topological polar surface area (TPSA) is 109 Å². The monoisotopic (exact) mass is 566 g/mol. The molecule has 8 nitrogen and oxygen atoms in total. The van der Waals surface area contributed by atoms with E-state index in [0.717, 1.165) is 23.0 Å². The van der Waals surface area contributed by atoms with Crippen molar-refractivity contribution in [3.63, 3.8) is 0 Å². The van der Waals surface area contributed by atoms with Crippen molar-refractivity contribution in [2.75, 3.05) is 15.5 Å². The van der Waals surface area contributed by atoms with Crippen LogP contribution >= 0.6 is 34.4 Å². The maximum absolute atomic E-state index is 10.7. The summed E-state index contributed by atoms with van der Waals surface area (Å²) in [6.45, 7) is 2.13. The molecule has 0 spiro atoms. The minimum atomic E-state index is -0.885. The number of alkyl halides is 1. The number of aromatic nitrogens is 5. The highest BCUT2D eigenvalue weighted by Gasteiger charge is 2.44. The van der Waals surface area contributed by atoms with Gasteiger partial charge < -0.3 is 15.5 Å². The van der Waals surface area contributed by atoms with E-state index in [4.69, 9.17) is 9.97 Å². The van der Waals surface area contributed by atoms with Crippen LogP contribution < -0.4 is 5.32 Å². The molecule has 10 heteroatoms. The molecular weight excluding hydrogens is 539 g/mol. The smallest absolute Gasteiger partial charge is 0.191 e. The molecule has 0 saturated heterocycles. The van der Waals surface area contributed by atoms with E-state index in [1.54, 1.807) is 16.4 Å². The number of fused-ring (bicyclic) bond motifs is 1. The van der Waals surface area contributed by atoms with Crippen LogP contribution in [0.25, 0.3) is 11.2 Å². The van der Waals surface area contributed by atoms with Gasteiger partial charge in [0, 0.05) is 22.1 Å². The van der Waals surface area contributed by atoms with E-state index in [0.29, 0.717) is 40.5 Å². The van der Waals surface area contributed by atoms with E-state index >= 15 is 0 Å². The summed E-state index contributed by atoms with van der Waals surface area (Å²) in [5.41, 5.74) is 2.56. The number of nitrogens with zero attached hydrogens (tertiary/aromatic N) is 5. The van der Waals surface area contributed by atoms with Crippen molar-refractivity contribution in [2.24, 2.45) is 5.92 Å². The maximum atomic E-state index is 10.7. The molecule has 0 amide bonds. The standard InChI is InChI=1S/C22H27IN6O2S/c1-2-8-32-22-25-20(24-15-10-14(15)12-6-4-3-5-7-12)17-21(26-22)29(28-27-17)16-9-13(11-23)18(30)19(16)31/h3-7,13-16,18-19,30-31H,2,8-11H2,1H3,(H,24,25,26). The Morgan fingerprint density at radius 1 is 1.16 bits per heavy atom. The third kappa shape index (κ3) is 4.22. The molecule has 1 aromatic carbocycles. The van der Waals surface area contributed by atoms with Crippen molar-refractivity contribution >= 4 is 51.3 Å². The lowest BCUT2D eigenvalue weighted by molar-refractivity contribution is 0.00875. The SMILES string of the molecule is CCCSc1nc(NC2CC2c2ccccc2)c2nnn(C3CC(CI)C(O)C3O)c2n1. The fourth-order valence-corrected chi connectivity index (χ4v) is 6.06. The Kier molecular flexibility index (Phi) is 6.55. The van der Waals surface area contributed by atoms with Crippen LogP contribution in [0.5, 0.6) is 0 Å². The molecule has 0 bridgehead atoms. The molecule has 6 atom stereocenters. The molecule has 170 valence electrons. The normalized spacial score (nSPS) is 29.5. The number of anilines is 1. The average molecular weight is 566 g/mol. The van der Waals surface area contributed by atoms with Gasteiger partial charge in [-0.3, -0.25) is 0 Å². The second-order valence-corrected chi connectivity index (χ2v) is 10.6. The molecule has 2 aliphatic rings. The van der Waals surface area contributed by atoms with Crippen molar-refractivity contribution in [3.8, 4) is 0 Å². The molecule has 0 aliphatic heterocycles. The van der Waals surface area contributed by atoms with Gasteiger partial charge in [-0.15, -0.1) is 5.10 Å². The Morgan fingerprint density at radius 3 is 2.69 bits per heavy atom. The number of aliphatic hydroxyl groups is 2. The second-order valence-electron chi connectivity index (χ2n) is 8.61. The van der Waals surface area contributed by atoms with Gasteiger partial charge in [-0.05, 0) is 30.7 Å². The van der Waals surface area contributed by atoms with Gasteiger partial charge in [0.25, 0.3) is 0 Å². The summed E-state index contributed by atoms with van der Waals surface area (Å²) in [6.07, 6.45) is 1.07. The lowest BCUT2D eigenvalue weighted by Crippen LogP contribution is -2.30. The Morgan fingerprint density at radius 2 is 1.97 bits per heavy atom. The van der Waals surface area contributed by atoms with E-state index < -0.39 is 12.2 Å². The second kappa shape index (κ2) is 9.40. The van der Waals surface area contributed by atoms with Crippen molar-refractivity contribution in [1.29, 1.82) is 0 Å². The highest BCUT2D eigenvalue weighted by atomic mass is 127. The summed E-state index contributed by atoms with van der Waals surface area (Å²) in [7, 11) is 0. The number of aliphatic hydroxyl groups excluding tert-OH is 2. The molecule has 6 unspecified atom stereocenters. The summed E-state index contributed by atoms with van der Waals surface area (Å²) in [5.74, 6) is 2.10. The Labute approximate surface area is 204 Å². The number of hydrogen-bond acceptors (Lipinski definition) is 8. The Bertz CT molecular complexity index is 1080. The van der Waals surface area contributed by atoms with Crippen LogP contribution in [0.4, 0.5) is 5.82 Å². The van der Waals surface area contributed by atoms with Crippen LogP contribution in [0.2, 0.25) is 0 Å². The first-order chi connectivity index (χ1) is 15.6. The summed E-state index contributed by atoms with van der Waals surface area (Å²) < 4.78 is 2.47. The molecule has 0 radical (unpaired) electrons. The van der Waals surface area contributed by atoms with Gasteiger partial charge in [0.05, 0.1) is 12.1 Å². The Balaban J connectivity index is 1.46. The number of benzene rings is 1. The van der Waals surface area contributed by atoms with E-state index in [2.05, 4.69) is 69.4 Å². The summed E-state index contributed by atoms with van der Waals surface area (Å²) in [5, 5.41) is 34.1. The first-order valence-corrected chi connectivity index (χ1v) is 13.6. The zero-order chi connectivity index (χ0) is 22.2.